The third kappa shape index (κ3) is 4.70. The van der Waals surface area contributed by atoms with E-state index < -0.39 is 5.63 Å². The van der Waals surface area contributed by atoms with E-state index in [1.807, 2.05) is 36.4 Å². The van der Waals surface area contributed by atoms with Crippen LogP contribution in [0.15, 0.2) is 111 Å². The number of hydrogen-bond donors (Lipinski definition) is 1. The first-order valence-electron chi connectivity index (χ1n) is 10.5. The fourth-order valence-corrected chi connectivity index (χ4v) is 3.71. The Hall–Kier alpha value is -4.35. The molecule has 3 aromatic carbocycles. The molecule has 1 amide bonds. The highest BCUT2D eigenvalue weighted by atomic mass is 35.5. The predicted octanol–water partition coefficient (Wildman–Crippen LogP) is 7.03. The number of rotatable bonds is 5. The Balaban J connectivity index is 1.31. The Morgan fingerprint density at radius 3 is 2.50 bits per heavy atom. The van der Waals surface area contributed by atoms with Crippen molar-refractivity contribution in [2.24, 2.45) is 0 Å². The summed E-state index contributed by atoms with van der Waals surface area (Å²) < 4.78 is 11.2. The van der Waals surface area contributed by atoms with Crippen molar-refractivity contribution in [3.63, 3.8) is 0 Å². The minimum atomic E-state index is -0.434. The molecule has 0 aliphatic rings. The molecule has 0 radical (unpaired) electrons. The smallest absolute Gasteiger partial charge is 0.344 e. The van der Waals surface area contributed by atoms with Crippen LogP contribution in [0.3, 0.4) is 0 Å². The molecule has 0 bridgehead atoms. The van der Waals surface area contributed by atoms with Gasteiger partial charge in [-0.15, -0.1) is 0 Å². The molecule has 2 heterocycles. The van der Waals surface area contributed by atoms with Gasteiger partial charge >= 0.3 is 5.63 Å². The number of halogens is 1. The summed E-state index contributed by atoms with van der Waals surface area (Å²) in [5.74, 6) is 0.897. The Bertz CT molecular complexity index is 1580. The van der Waals surface area contributed by atoms with Crippen molar-refractivity contribution in [3.05, 3.63) is 118 Å². The average Bonchev–Trinajstić information content (AvgIpc) is 3.32. The van der Waals surface area contributed by atoms with Crippen LogP contribution in [-0.4, -0.2) is 5.91 Å². The average molecular weight is 468 g/mol. The molecule has 0 spiro atoms. The van der Waals surface area contributed by atoms with Crippen molar-refractivity contribution in [2.75, 3.05) is 5.32 Å². The Labute approximate surface area is 199 Å². The van der Waals surface area contributed by atoms with Crippen molar-refractivity contribution >= 4 is 40.2 Å². The van der Waals surface area contributed by atoms with Crippen LogP contribution in [0.4, 0.5) is 5.69 Å². The lowest BCUT2D eigenvalue weighted by atomic mass is 10.1. The van der Waals surface area contributed by atoms with Crippen molar-refractivity contribution in [1.82, 2.24) is 0 Å². The molecule has 0 aliphatic heterocycles. The second kappa shape index (κ2) is 9.25. The second-order valence-electron chi connectivity index (χ2n) is 7.60. The molecule has 0 saturated heterocycles. The molecule has 5 nitrogen and oxygen atoms in total. The van der Waals surface area contributed by atoms with Crippen molar-refractivity contribution in [1.29, 1.82) is 0 Å². The van der Waals surface area contributed by atoms with Crippen LogP contribution in [0.5, 0.6) is 0 Å². The lowest BCUT2D eigenvalue weighted by Gasteiger charge is -2.06. The largest absolute Gasteiger partial charge is 0.457 e. The summed E-state index contributed by atoms with van der Waals surface area (Å²) in [5, 5.41) is 4.28. The SMILES string of the molecule is O=C(C=Cc1ccc(-c2ccc(Cl)cc2)o1)Nc1cccc(-c2cc3ccccc3oc2=O)c1. The molecule has 1 N–H and O–H groups in total. The predicted molar refractivity (Wildman–Crippen MR) is 135 cm³/mol. The van der Waals surface area contributed by atoms with Gasteiger partial charge < -0.3 is 14.2 Å². The first kappa shape index (κ1) is 21.5. The van der Waals surface area contributed by atoms with Crippen LogP contribution in [-0.2, 0) is 4.79 Å². The number of amides is 1. The summed E-state index contributed by atoms with van der Waals surface area (Å²) in [5.41, 5.74) is 2.62. The topological polar surface area (TPSA) is 72.5 Å². The Kier molecular flexibility index (Phi) is 5.85. The van der Waals surface area contributed by atoms with Crippen LogP contribution >= 0.6 is 11.6 Å². The molecular formula is C28H18ClNO4. The standard InChI is InChI=1S/C28H18ClNO4/c29-21-10-8-18(9-11-21)26-14-12-23(33-26)13-15-27(31)30-22-6-3-5-19(16-22)24-17-20-4-1-2-7-25(20)34-28(24)32/h1-17H,(H,30,31). The molecule has 5 rings (SSSR count). The van der Waals surface area contributed by atoms with E-state index in [4.69, 9.17) is 20.4 Å². The minimum Gasteiger partial charge on any atom is -0.457 e. The van der Waals surface area contributed by atoms with E-state index in [0.717, 1.165) is 10.9 Å². The van der Waals surface area contributed by atoms with Gasteiger partial charge in [0.05, 0.1) is 5.56 Å². The van der Waals surface area contributed by atoms with Gasteiger partial charge in [0.15, 0.2) is 0 Å². The maximum absolute atomic E-state index is 12.5. The van der Waals surface area contributed by atoms with Crippen LogP contribution < -0.4 is 10.9 Å². The van der Waals surface area contributed by atoms with Crippen molar-refractivity contribution in [2.45, 2.75) is 0 Å². The number of furan rings is 1. The number of hydrogen-bond acceptors (Lipinski definition) is 4. The third-order valence-corrected chi connectivity index (χ3v) is 5.49. The molecule has 0 unspecified atom stereocenters. The molecule has 34 heavy (non-hydrogen) atoms. The Morgan fingerprint density at radius 2 is 1.65 bits per heavy atom. The van der Waals surface area contributed by atoms with Gasteiger partial charge in [0.25, 0.3) is 0 Å². The lowest BCUT2D eigenvalue weighted by molar-refractivity contribution is -0.111. The summed E-state index contributed by atoms with van der Waals surface area (Å²) in [4.78, 5) is 24.9. The van der Waals surface area contributed by atoms with Crippen molar-refractivity contribution < 1.29 is 13.6 Å². The number of carbonyl (C=O) groups excluding carboxylic acids is 1. The highest BCUT2D eigenvalue weighted by Gasteiger charge is 2.09. The normalized spacial score (nSPS) is 11.2. The monoisotopic (exact) mass is 467 g/mol. The third-order valence-electron chi connectivity index (χ3n) is 5.24. The van der Waals surface area contributed by atoms with Crippen LogP contribution in [0.2, 0.25) is 5.02 Å². The van der Waals surface area contributed by atoms with E-state index in [9.17, 15) is 9.59 Å². The number of nitrogens with one attached hydrogen (secondary N) is 1. The quantitative estimate of drug-likeness (QED) is 0.222. The molecule has 166 valence electrons. The van der Waals surface area contributed by atoms with Gasteiger partial charge in [0.2, 0.25) is 5.91 Å². The van der Waals surface area contributed by atoms with E-state index in [-0.39, 0.29) is 5.91 Å². The molecule has 6 heteroatoms. The number of anilines is 1. The van der Waals surface area contributed by atoms with Gasteiger partial charge in [0.1, 0.15) is 17.1 Å². The van der Waals surface area contributed by atoms with Gasteiger partial charge in [-0.3, -0.25) is 4.79 Å². The number of benzene rings is 3. The van der Waals surface area contributed by atoms with Gasteiger partial charge in [-0.2, -0.15) is 0 Å². The summed E-state index contributed by atoms with van der Waals surface area (Å²) >= 11 is 5.92. The summed E-state index contributed by atoms with van der Waals surface area (Å²) in [6.45, 7) is 0. The van der Waals surface area contributed by atoms with Gasteiger partial charge in [-0.1, -0.05) is 41.9 Å². The molecule has 2 aromatic heterocycles. The molecular weight excluding hydrogens is 450 g/mol. The van der Waals surface area contributed by atoms with E-state index in [1.54, 1.807) is 60.7 Å². The van der Waals surface area contributed by atoms with Gasteiger partial charge in [-0.05, 0) is 72.3 Å². The fourth-order valence-electron chi connectivity index (χ4n) is 3.58. The summed E-state index contributed by atoms with van der Waals surface area (Å²) in [7, 11) is 0. The minimum absolute atomic E-state index is 0.327. The van der Waals surface area contributed by atoms with E-state index >= 15 is 0 Å². The van der Waals surface area contributed by atoms with Crippen molar-refractivity contribution in [3.8, 4) is 22.5 Å². The summed E-state index contributed by atoms with van der Waals surface area (Å²) in [6, 6.07) is 27.1. The van der Waals surface area contributed by atoms with Gasteiger partial charge in [0, 0.05) is 27.7 Å². The first-order chi connectivity index (χ1) is 16.5. The zero-order chi connectivity index (χ0) is 23.5. The lowest BCUT2D eigenvalue weighted by Crippen LogP contribution is -2.08. The number of carbonyl (C=O) groups is 1. The second-order valence-corrected chi connectivity index (χ2v) is 8.03. The Morgan fingerprint density at radius 1 is 0.824 bits per heavy atom. The van der Waals surface area contributed by atoms with E-state index in [2.05, 4.69) is 5.32 Å². The zero-order valence-electron chi connectivity index (χ0n) is 17.8. The molecule has 0 fully saturated rings. The van der Waals surface area contributed by atoms with Crippen LogP contribution in [0, 0.1) is 0 Å². The van der Waals surface area contributed by atoms with Crippen LogP contribution in [0.1, 0.15) is 5.76 Å². The molecule has 0 saturated carbocycles. The zero-order valence-corrected chi connectivity index (χ0v) is 18.6. The maximum atomic E-state index is 12.5. The number of para-hydroxylation sites is 1. The van der Waals surface area contributed by atoms with Crippen LogP contribution in [0.25, 0.3) is 39.5 Å². The number of fused-ring (bicyclic) bond motifs is 1. The van der Waals surface area contributed by atoms with Gasteiger partial charge in [-0.25, -0.2) is 4.79 Å². The van der Waals surface area contributed by atoms with E-state index in [0.29, 0.717) is 38.9 Å². The maximum Gasteiger partial charge on any atom is 0.344 e. The molecule has 0 aliphatic carbocycles. The fraction of sp³-hybridized carbons (Fsp3) is 0. The van der Waals surface area contributed by atoms with E-state index in [1.165, 1.54) is 6.08 Å². The highest BCUT2D eigenvalue weighted by Crippen LogP contribution is 2.25. The highest BCUT2D eigenvalue weighted by molar-refractivity contribution is 6.30. The first-order valence-corrected chi connectivity index (χ1v) is 10.9. The molecule has 5 aromatic rings. The summed E-state index contributed by atoms with van der Waals surface area (Å²) in [6.07, 6.45) is 2.98. The molecule has 0 atom stereocenters.